The number of aryl methyl sites for hydroxylation is 1. The fourth-order valence-electron chi connectivity index (χ4n) is 2.57. The molecule has 0 radical (unpaired) electrons. The van der Waals surface area contributed by atoms with Crippen LogP contribution in [0.5, 0.6) is 0 Å². The molecule has 1 aliphatic heterocycles. The molecule has 0 amide bonds. The minimum absolute atomic E-state index is 0.0945. The fraction of sp³-hybridized carbons (Fsp3) is 0.400. The lowest BCUT2D eigenvalue weighted by molar-refractivity contribution is 0.0586. The Bertz CT molecular complexity index is 648. The monoisotopic (exact) mass is 286 g/mol. The SMILES string of the molecule is CCc1ccc(C2CCNc3nc(C(=O)OC)nn32)cc1. The van der Waals surface area contributed by atoms with E-state index in [1.165, 1.54) is 18.2 Å². The number of methoxy groups -OCH3 is 1. The van der Waals surface area contributed by atoms with Gasteiger partial charge in [0.15, 0.2) is 0 Å². The normalized spacial score (nSPS) is 17.0. The van der Waals surface area contributed by atoms with Crippen LogP contribution in [0.25, 0.3) is 0 Å². The maximum Gasteiger partial charge on any atom is 0.378 e. The molecule has 2 heterocycles. The fourth-order valence-corrected chi connectivity index (χ4v) is 2.57. The minimum Gasteiger partial charge on any atom is -0.463 e. The summed E-state index contributed by atoms with van der Waals surface area (Å²) in [4.78, 5) is 15.8. The number of rotatable bonds is 3. The summed E-state index contributed by atoms with van der Waals surface area (Å²) >= 11 is 0. The van der Waals surface area contributed by atoms with E-state index in [-0.39, 0.29) is 11.9 Å². The van der Waals surface area contributed by atoms with Crippen LogP contribution >= 0.6 is 0 Å². The highest BCUT2D eigenvalue weighted by molar-refractivity contribution is 5.85. The van der Waals surface area contributed by atoms with Crippen molar-refractivity contribution >= 4 is 11.9 Å². The number of aromatic nitrogens is 3. The molecule has 0 aliphatic carbocycles. The average Bonchev–Trinajstić information content (AvgIpc) is 2.98. The van der Waals surface area contributed by atoms with Crippen molar-refractivity contribution in [2.24, 2.45) is 0 Å². The highest BCUT2D eigenvalue weighted by atomic mass is 16.5. The Morgan fingerprint density at radius 3 is 2.86 bits per heavy atom. The molecule has 3 rings (SSSR count). The van der Waals surface area contributed by atoms with E-state index in [1.54, 1.807) is 4.68 Å². The number of carbonyl (C=O) groups excluding carboxylic acids is 1. The maximum absolute atomic E-state index is 11.6. The summed E-state index contributed by atoms with van der Waals surface area (Å²) in [6.07, 6.45) is 1.93. The van der Waals surface area contributed by atoms with E-state index in [2.05, 4.69) is 51.3 Å². The van der Waals surface area contributed by atoms with E-state index in [9.17, 15) is 4.79 Å². The third kappa shape index (κ3) is 2.49. The van der Waals surface area contributed by atoms with Crippen LogP contribution in [0.15, 0.2) is 24.3 Å². The Morgan fingerprint density at radius 2 is 2.19 bits per heavy atom. The zero-order valence-electron chi connectivity index (χ0n) is 12.2. The van der Waals surface area contributed by atoms with Gasteiger partial charge in [0.1, 0.15) is 0 Å². The summed E-state index contributed by atoms with van der Waals surface area (Å²) in [5.41, 5.74) is 2.48. The molecule has 1 unspecified atom stereocenters. The molecule has 1 N–H and O–H groups in total. The summed E-state index contributed by atoms with van der Waals surface area (Å²) in [7, 11) is 1.33. The quantitative estimate of drug-likeness (QED) is 0.874. The Balaban J connectivity index is 1.95. The number of nitrogens with one attached hydrogen (secondary N) is 1. The van der Waals surface area contributed by atoms with Crippen LogP contribution in [0.1, 0.15) is 41.1 Å². The van der Waals surface area contributed by atoms with Crippen LogP contribution < -0.4 is 5.32 Å². The summed E-state index contributed by atoms with van der Waals surface area (Å²) in [5.74, 6) is 0.196. The average molecular weight is 286 g/mol. The van der Waals surface area contributed by atoms with Crippen LogP contribution in [0.2, 0.25) is 0 Å². The smallest absolute Gasteiger partial charge is 0.378 e. The highest BCUT2D eigenvalue weighted by Gasteiger charge is 2.26. The molecule has 0 saturated heterocycles. The summed E-state index contributed by atoms with van der Waals surface area (Å²) in [5, 5.41) is 7.46. The van der Waals surface area contributed by atoms with Crippen molar-refractivity contribution in [2.75, 3.05) is 19.0 Å². The van der Waals surface area contributed by atoms with E-state index < -0.39 is 5.97 Å². The van der Waals surface area contributed by atoms with Crippen molar-refractivity contribution in [3.63, 3.8) is 0 Å². The molecular weight excluding hydrogens is 268 g/mol. The Labute approximate surface area is 123 Å². The van der Waals surface area contributed by atoms with E-state index in [0.29, 0.717) is 5.95 Å². The van der Waals surface area contributed by atoms with Gasteiger partial charge in [-0.05, 0) is 24.0 Å². The topological polar surface area (TPSA) is 69.0 Å². The van der Waals surface area contributed by atoms with Crippen molar-refractivity contribution in [3.8, 4) is 0 Å². The first-order chi connectivity index (χ1) is 10.2. The van der Waals surface area contributed by atoms with Crippen LogP contribution in [0.4, 0.5) is 5.95 Å². The standard InChI is InChI=1S/C15H18N4O2/c1-3-10-4-6-11(7-5-10)12-8-9-16-15-17-13(14(20)21-2)18-19(12)15/h4-7,12H,3,8-9H2,1-2H3,(H,16,17,18). The van der Waals surface area contributed by atoms with Gasteiger partial charge in [-0.1, -0.05) is 31.2 Å². The van der Waals surface area contributed by atoms with E-state index in [0.717, 1.165) is 19.4 Å². The molecule has 1 atom stereocenters. The number of anilines is 1. The molecule has 1 aliphatic rings. The number of fused-ring (bicyclic) bond motifs is 1. The van der Waals surface area contributed by atoms with Gasteiger partial charge >= 0.3 is 5.97 Å². The predicted molar refractivity (Wildman–Crippen MR) is 78.4 cm³/mol. The highest BCUT2D eigenvalue weighted by Crippen LogP contribution is 2.28. The molecule has 1 aromatic carbocycles. The minimum atomic E-state index is -0.515. The van der Waals surface area contributed by atoms with Gasteiger partial charge < -0.3 is 10.1 Å². The van der Waals surface area contributed by atoms with Gasteiger partial charge in [0.05, 0.1) is 13.2 Å². The molecule has 1 aromatic heterocycles. The van der Waals surface area contributed by atoms with E-state index >= 15 is 0 Å². The Kier molecular flexibility index (Phi) is 3.60. The Hall–Kier alpha value is -2.37. The lowest BCUT2D eigenvalue weighted by atomic mass is 10.0. The van der Waals surface area contributed by atoms with Crippen molar-refractivity contribution in [1.29, 1.82) is 0 Å². The van der Waals surface area contributed by atoms with Crippen molar-refractivity contribution < 1.29 is 9.53 Å². The van der Waals surface area contributed by atoms with Gasteiger partial charge in [-0.25, -0.2) is 9.48 Å². The van der Waals surface area contributed by atoms with Gasteiger partial charge in [-0.2, -0.15) is 4.98 Å². The number of benzene rings is 1. The molecule has 0 spiro atoms. The summed E-state index contributed by atoms with van der Waals surface area (Å²) < 4.78 is 6.45. The molecule has 21 heavy (non-hydrogen) atoms. The summed E-state index contributed by atoms with van der Waals surface area (Å²) in [6.45, 7) is 2.94. The van der Waals surface area contributed by atoms with Gasteiger partial charge in [-0.3, -0.25) is 0 Å². The van der Waals surface area contributed by atoms with Gasteiger partial charge in [0.2, 0.25) is 5.95 Å². The third-order valence-electron chi connectivity index (χ3n) is 3.77. The Morgan fingerprint density at radius 1 is 1.43 bits per heavy atom. The molecule has 6 heteroatoms. The van der Waals surface area contributed by atoms with Crippen LogP contribution in [0, 0.1) is 0 Å². The second-order valence-electron chi connectivity index (χ2n) is 5.02. The molecule has 110 valence electrons. The predicted octanol–water partition coefficient (Wildman–Crippen LogP) is 2.03. The first kappa shape index (κ1) is 13.6. The van der Waals surface area contributed by atoms with Crippen LogP contribution in [-0.4, -0.2) is 34.4 Å². The number of ether oxygens (including phenoxy) is 1. The van der Waals surface area contributed by atoms with Gasteiger partial charge in [-0.15, -0.1) is 5.10 Å². The first-order valence-corrected chi connectivity index (χ1v) is 7.10. The van der Waals surface area contributed by atoms with Gasteiger partial charge in [0.25, 0.3) is 5.82 Å². The first-order valence-electron chi connectivity index (χ1n) is 7.10. The van der Waals surface area contributed by atoms with Gasteiger partial charge in [0, 0.05) is 6.54 Å². The molecular formula is C15H18N4O2. The van der Waals surface area contributed by atoms with Crippen LogP contribution in [-0.2, 0) is 11.2 Å². The lowest BCUT2D eigenvalue weighted by Gasteiger charge is -2.24. The zero-order valence-corrected chi connectivity index (χ0v) is 12.2. The summed E-state index contributed by atoms with van der Waals surface area (Å²) in [6, 6.07) is 8.61. The third-order valence-corrected chi connectivity index (χ3v) is 3.77. The molecule has 2 aromatic rings. The molecule has 0 saturated carbocycles. The molecule has 6 nitrogen and oxygen atoms in total. The van der Waals surface area contributed by atoms with E-state index in [4.69, 9.17) is 0 Å². The number of hydrogen-bond donors (Lipinski definition) is 1. The number of carbonyl (C=O) groups is 1. The number of hydrogen-bond acceptors (Lipinski definition) is 5. The number of nitrogens with zero attached hydrogens (tertiary/aromatic N) is 3. The second kappa shape index (κ2) is 5.55. The van der Waals surface area contributed by atoms with Crippen molar-refractivity contribution in [2.45, 2.75) is 25.8 Å². The maximum atomic E-state index is 11.6. The second-order valence-corrected chi connectivity index (χ2v) is 5.02. The molecule has 0 fully saturated rings. The lowest BCUT2D eigenvalue weighted by Crippen LogP contribution is -2.24. The number of esters is 1. The van der Waals surface area contributed by atoms with E-state index in [1.807, 2.05) is 0 Å². The molecule has 0 bridgehead atoms. The largest absolute Gasteiger partial charge is 0.463 e. The van der Waals surface area contributed by atoms with Crippen molar-refractivity contribution in [1.82, 2.24) is 14.8 Å². The van der Waals surface area contributed by atoms with Crippen LogP contribution in [0.3, 0.4) is 0 Å². The van der Waals surface area contributed by atoms with Crippen molar-refractivity contribution in [3.05, 3.63) is 41.2 Å². The zero-order chi connectivity index (χ0) is 14.8.